The Morgan fingerprint density at radius 3 is 2.71 bits per heavy atom. The van der Waals surface area contributed by atoms with Crippen molar-refractivity contribution in [2.75, 3.05) is 13.2 Å². The number of rotatable bonds is 3. The molecule has 94 valence electrons. The van der Waals surface area contributed by atoms with Gasteiger partial charge in [0, 0.05) is 23.4 Å². The van der Waals surface area contributed by atoms with E-state index in [2.05, 4.69) is 0 Å². The van der Waals surface area contributed by atoms with Crippen molar-refractivity contribution in [3.8, 4) is 0 Å². The molecule has 0 saturated carbocycles. The van der Waals surface area contributed by atoms with Crippen LogP contribution in [-0.2, 0) is 4.74 Å². The Labute approximate surface area is 105 Å². The van der Waals surface area contributed by atoms with Gasteiger partial charge in [-0.1, -0.05) is 6.07 Å². The van der Waals surface area contributed by atoms with Gasteiger partial charge >= 0.3 is 0 Å². The summed E-state index contributed by atoms with van der Waals surface area (Å²) >= 11 is 1.57. The Kier molecular flexibility index (Phi) is 4.42. The van der Waals surface area contributed by atoms with E-state index in [-0.39, 0.29) is 5.82 Å². The van der Waals surface area contributed by atoms with E-state index in [1.165, 1.54) is 6.07 Å². The Hall–Kier alpha value is -0.580. The van der Waals surface area contributed by atoms with Crippen LogP contribution in [-0.4, -0.2) is 23.6 Å². The molecule has 1 saturated heterocycles. The highest BCUT2D eigenvalue weighted by Crippen LogP contribution is 2.32. The second kappa shape index (κ2) is 5.85. The van der Waals surface area contributed by atoms with E-state index in [9.17, 15) is 9.50 Å². The van der Waals surface area contributed by atoms with Crippen molar-refractivity contribution in [1.82, 2.24) is 0 Å². The molecule has 1 N–H and O–H groups in total. The molecule has 0 spiro atoms. The molecular weight excluding hydrogens is 239 g/mol. The Morgan fingerprint density at radius 2 is 2.12 bits per heavy atom. The van der Waals surface area contributed by atoms with Gasteiger partial charge in [0.25, 0.3) is 0 Å². The van der Waals surface area contributed by atoms with E-state index < -0.39 is 6.10 Å². The van der Waals surface area contributed by atoms with Gasteiger partial charge in [-0.15, -0.1) is 11.8 Å². The summed E-state index contributed by atoms with van der Waals surface area (Å²) in [5, 5.41) is 9.81. The summed E-state index contributed by atoms with van der Waals surface area (Å²) < 4.78 is 19.1. The fraction of sp³-hybridized carbons (Fsp3) is 0.538. The van der Waals surface area contributed by atoms with E-state index in [4.69, 9.17) is 4.74 Å². The smallest absolute Gasteiger partial charge is 0.137 e. The number of benzene rings is 1. The summed E-state index contributed by atoms with van der Waals surface area (Å²) in [7, 11) is 0. The largest absolute Gasteiger partial charge is 0.389 e. The quantitative estimate of drug-likeness (QED) is 0.901. The summed E-state index contributed by atoms with van der Waals surface area (Å²) in [6.07, 6.45) is 1.33. The third-order valence-electron chi connectivity index (χ3n) is 2.90. The second-order valence-corrected chi connectivity index (χ2v) is 5.64. The van der Waals surface area contributed by atoms with Crippen LogP contribution in [0.15, 0.2) is 23.1 Å². The first-order valence-corrected chi connectivity index (χ1v) is 6.76. The summed E-state index contributed by atoms with van der Waals surface area (Å²) in [6.45, 7) is 3.18. The highest BCUT2D eigenvalue weighted by molar-refractivity contribution is 8.00. The lowest BCUT2D eigenvalue weighted by molar-refractivity contribution is 0.1000. The number of ether oxygens (including phenoxy) is 1. The van der Waals surface area contributed by atoms with Crippen molar-refractivity contribution >= 4 is 11.8 Å². The van der Waals surface area contributed by atoms with E-state index in [0.717, 1.165) is 26.1 Å². The summed E-state index contributed by atoms with van der Waals surface area (Å²) in [6, 6.07) is 4.97. The molecule has 4 heteroatoms. The zero-order valence-corrected chi connectivity index (χ0v) is 10.7. The molecule has 1 atom stereocenters. The minimum absolute atomic E-state index is 0.236. The molecule has 0 aromatic heterocycles. The second-order valence-electron chi connectivity index (χ2n) is 4.30. The van der Waals surface area contributed by atoms with Gasteiger partial charge in [-0.05, 0) is 37.5 Å². The molecule has 2 nitrogen and oxygen atoms in total. The van der Waals surface area contributed by atoms with Gasteiger partial charge < -0.3 is 9.84 Å². The normalized spacial score (nSPS) is 19.2. The van der Waals surface area contributed by atoms with Crippen molar-refractivity contribution in [2.45, 2.75) is 36.0 Å². The molecule has 1 heterocycles. The third-order valence-corrected chi connectivity index (χ3v) is 4.29. The first-order valence-electron chi connectivity index (χ1n) is 5.88. The fourth-order valence-electron chi connectivity index (χ4n) is 1.85. The number of hydrogen-bond acceptors (Lipinski definition) is 3. The van der Waals surface area contributed by atoms with Gasteiger partial charge in [-0.2, -0.15) is 0 Å². The predicted octanol–water partition coefficient (Wildman–Crippen LogP) is 3.15. The average Bonchev–Trinajstić information content (AvgIpc) is 2.33. The fourth-order valence-corrected chi connectivity index (χ4v) is 2.95. The summed E-state index contributed by atoms with van der Waals surface area (Å²) in [4.78, 5) is 0.668. The van der Waals surface area contributed by atoms with Crippen LogP contribution in [0.5, 0.6) is 0 Å². The van der Waals surface area contributed by atoms with E-state index in [1.54, 1.807) is 30.8 Å². The molecule has 1 aromatic carbocycles. The minimum atomic E-state index is -0.619. The van der Waals surface area contributed by atoms with Gasteiger partial charge in [0.15, 0.2) is 0 Å². The third kappa shape index (κ3) is 3.44. The standard InChI is InChI=1S/C13H17FO2S/c1-9(15)10-2-3-13(12(14)8-10)17-11-4-6-16-7-5-11/h2-3,8-9,11,15H,4-7H2,1H3/t9-/m0/s1. The number of hydrogen-bond donors (Lipinski definition) is 1. The van der Waals surface area contributed by atoms with Crippen molar-refractivity contribution in [1.29, 1.82) is 0 Å². The van der Waals surface area contributed by atoms with E-state index in [0.29, 0.717) is 15.7 Å². The Balaban J connectivity index is 2.05. The molecular formula is C13H17FO2S. The molecule has 0 amide bonds. The Bertz CT molecular complexity index is 376. The van der Waals surface area contributed by atoms with Crippen LogP contribution in [0.25, 0.3) is 0 Å². The first-order chi connectivity index (χ1) is 8.16. The number of thioether (sulfide) groups is 1. The molecule has 2 rings (SSSR count). The predicted molar refractivity (Wildman–Crippen MR) is 66.7 cm³/mol. The van der Waals surface area contributed by atoms with Gasteiger partial charge in [-0.3, -0.25) is 0 Å². The highest BCUT2D eigenvalue weighted by atomic mass is 32.2. The van der Waals surface area contributed by atoms with Gasteiger partial charge in [0.1, 0.15) is 5.82 Å². The molecule has 1 aromatic rings. The molecule has 1 aliphatic heterocycles. The zero-order valence-electron chi connectivity index (χ0n) is 9.86. The maximum Gasteiger partial charge on any atom is 0.137 e. The maximum atomic E-state index is 13.8. The summed E-state index contributed by atoms with van der Waals surface area (Å²) in [5.41, 5.74) is 0.624. The number of aliphatic hydroxyl groups excluding tert-OH is 1. The molecule has 0 radical (unpaired) electrons. The van der Waals surface area contributed by atoms with Crippen molar-refractivity contribution in [3.05, 3.63) is 29.6 Å². The van der Waals surface area contributed by atoms with Crippen molar-refractivity contribution in [3.63, 3.8) is 0 Å². The average molecular weight is 256 g/mol. The van der Waals surface area contributed by atoms with Gasteiger partial charge in [0.05, 0.1) is 6.10 Å². The molecule has 0 aliphatic carbocycles. The van der Waals surface area contributed by atoms with Crippen LogP contribution < -0.4 is 0 Å². The first kappa shape index (κ1) is 12.9. The zero-order chi connectivity index (χ0) is 12.3. The monoisotopic (exact) mass is 256 g/mol. The van der Waals surface area contributed by atoms with Crippen LogP contribution in [0.3, 0.4) is 0 Å². The van der Waals surface area contributed by atoms with Gasteiger partial charge in [-0.25, -0.2) is 4.39 Å². The van der Waals surface area contributed by atoms with Crippen LogP contribution in [0.4, 0.5) is 4.39 Å². The van der Waals surface area contributed by atoms with E-state index >= 15 is 0 Å². The van der Waals surface area contributed by atoms with Crippen LogP contribution in [0, 0.1) is 5.82 Å². The van der Waals surface area contributed by atoms with Crippen molar-refractivity contribution in [2.24, 2.45) is 0 Å². The van der Waals surface area contributed by atoms with Gasteiger partial charge in [0.2, 0.25) is 0 Å². The molecule has 17 heavy (non-hydrogen) atoms. The lowest BCUT2D eigenvalue weighted by Crippen LogP contribution is -2.17. The molecule has 1 fully saturated rings. The van der Waals surface area contributed by atoms with Crippen LogP contribution in [0.2, 0.25) is 0 Å². The van der Waals surface area contributed by atoms with Crippen molar-refractivity contribution < 1.29 is 14.2 Å². The van der Waals surface area contributed by atoms with Crippen LogP contribution >= 0.6 is 11.8 Å². The highest BCUT2D eigenvalue weighted by Gasteiger charge is 2.17. The molecule has 0 unspecified atom stereocenters. The molecule has 1 aliphatic rings. The number of halogens is 1. The number of aliphatic hydroxyl groups is 1. The lowest BCUT2D eigenvalue weighted by Gasteiger charge is -2.21. The Morgan fingerprint density at radius 1 is 1.41 bits per heavy atom. The van der Waals surface area contributed by atoms with E-state index in [1.807, 2.05) is 0 Å². The SMILES string of the molecule is C[C@H](O)c1ccc(SC2CCOCC2)c(F)c1. The summed E-state index contributed by atoms with van der Waals surface area (Å²) in [5.74, 6) is -0.236. The topological polar surface area (TPSA) is 29.5 Å². The minimum Gasteiger partial charge on any atom is -0.389 e. The lowest BCUT2D eigenvalue weighted by atomic mass is 10.1. The molecule has 0 bridgehead atoms. The maximum absolute atomic E-state index is 13.8. The van der Waals surface area contributed by atoms with Crippen LogP contribution in [0.1, 0.15) is 31.4 Å².